The van der Waals surface area contributed by atoms with Crippen molar-refractivity contribution < 1.29 is 4.79 Å². The molecule has 3 heteroatoms. The van der Waals surface area contributed by atoms with Gasteiger partial charge in [0, 0.05) is 26.6 Å². The molecule has 0 rings (SSSR count). The summed E-state index contributed by atoms with van der Waals surface area (Å²) < 4.78 is 0. The van der Waals surface area contributed by atoms with Crippen LogP contribution in [-0.4, -0.2) is 30.9 Å². The molecule has 0 aromatic rings. The molecule has 18 heavy (non-hydrogen) atoms. The second-order valence-electron chi connectivity index (χ2n) is 5.18. The van der Waals surface area contributed by atoms with Gasteiger partial charge in [-0.05, 0) is 6.42 Å². The van der Waals surface area contributed by atoms with Crippen LogP contribution in [0.25, 0.3) is 0 Å². The Balaban J connectivity index is 3.22. The number of hydrogen-bond donors (Lipinski definition) is 1. The predicted octanol–water partition coefficient (Wildman–Crippen LogP) is 3.32. The van der Waals surface area contributed by atoms with E-state index in [0.29, 0.717) is 19.5 Å². The summed E-state index contributed by atoms with van der Waals surface area (Å²) >= 11 is 0. The molecule has 0 bridgehead atoms. The number of carbonyl (C=O) groups is 1. The van der Waals surface area contributed by atoms with Crippen molar-refractivity contribution in [3.05, 3.63) is 0 Å². The van der Waals surface area contributed by atoms with Crippen molar-refractivity contribution in [2.75, 3.05) is 20.1 Å². The minimum atomic E-state index is 0.239. The van der Waals surface area contributed by atoms with Crippen LogP contribution in [0, 0.1) is 0 Å². The van der Waals surface area contributed by atoms with Crippen molar-refractivity contribution >= 4 is 5.91 Å². The van der Waals surface area contributed by atoms with Gasteiger partial charge in [-0.3, -0.25) is 4.79 Å². The molecule has 0 spiro atoms. The highest BCUT2D eigenvalue weighted by Crippen LogP contribution is 2.10. The van der Waals surface area contributed by atoms with Gasteiger partial charge in [0.05, 0.1) is 0 Å². The normalized spacial score (nSPS) is 10.6. The number of likely N-dealkylation sites (N-methyl/N-ethyl adjacent to an activating group) is 1. The molecule has 108 valence electrons. The zero-order chi connectivity index (χ0) is 13.6. The molecule has 3 nitrogen and oxygen atoms in total. The van der Waals surface area contributed by atoms with E-state index in [1.54, 1.807) is 4.90 Å². The fourth-order valence-electron chi connectivity index (χ4n) is 2.10. The number of rotatable bonds is 12. The number of unbranched alkanes of at least 4 members (excludes halogenated alkanes) is 8. The maximum Gasteiger partial charge on any atom is 0.222 e. The van der Waals surface area contributed by atoms with Crippen LogP contribution >= 0.6 is 0 Å². The summed E-state index contributed by atoms with van der Waals surface area (Å²) in [6, 6.07) is 0. The summed E-state index contributed by atoms with van der Waals surface area (Å²) in [6.07, 6.45) is 12.3. The van der Waals surface area contributed by atoms with E-state index in [9.17, 15) is 4.79 Å². The summed E-state index contributed by atoms with van der Waals surface area (Å²) in [5.41, 5.74) is 5.42. The number of nitrogens with two attached hydrogens (primary N) is 1. The lowest BCUT2D eigenvalue weighted by Crippen LogP contribution is -2.31. The Labute approximate surface area is 113 Å². The Hall–Kier alpha value is -0.570. The van der Waals surface area contributed by atoms with Crippen LogP contribution in [0.1, 0.15) is 71.1 Å². The lowest BCUT2D eigenvalue weighted by Gasteiger charge is -2.15. The van der Waals surface area contributed by atoms with Crippen molar-refractivity contribution in [1.82, 2.24) is 4.90 Å². The molecule has 0 aliphatic carbocycles. The van der Waals surface area contributed by atoms with Crippen molar-refractivity contribution in [2.45, 2.75) is 71.1 Å². The van der Waals surface area contributed by atoms with Crippen molar-refractivity contribution in [3.8, 4) is 0 Å². The van der Waals surface area contributed by atoms with E-state index in [-0.39, 0.29) is 5.91 Å². The van der Waals surface area contributed by atoms with Crippen molar-refractivity contribution in [2.24, 2.45) is 5.73 Å². The fraction of sp³-hybridized carbons (Fsp3) is 0.933. The summed E-state index contributed by atoms with van der Waals surface area (Å²) in [5, 5.41) is 0. The van der Waals surface area contributed by atoms with Crippen LogP contribution in [0.5, 0.6) is 0 Å². The van der Waals surface area contributed by atoms with Crippen molar-refractivity contribution in [3.63, 3.8) is 0 Å². The summed E-state index contributed by atoms with van der Waals surface area (Å²) in [7, 11) is 1.84. The second-order valence-corrected chi connectivity index (χ2v) is 5.18. The van der Waals surface area contributed by atoms with Crippen LogP contribution in [-0.2, 0) is 4.79 Å². The zero-order valence-electron chi connectivity index (χ0n) is 12.4. The predicted molar refractivity (Wildman–Crippen MR) is 78.5 cm³/mol. The number of nitrogens with zero attached hydrogens (tertiary/aromatic N) is 1. The maximum atomic E-state index is 11.6. The molecule has 0 aromatic carbocycles. The van der Waals surface area contributed by atoms with E-state index in [2.05, 4.69) is 6.92 Å². The van der Waals surface area contributed by atoms with E-state index in [4.69, 9.17) is 5.73 Å². The largest absolute Gasteiger partial charge is 0.344 e. The molecule has 2 N–H and O–H groups in total. The van der Waals surface area contributed by atoms with Crippen LogP contribution in [0.3, 0.4) is 0 Å². The first kappa shape index (κ1) is 17.4. The van der Waals surface area contributed by atoms with E-state index in [0.717, 1.165) is 6.42 Å². The SMILES string of the molecule is CCCCCCCCCCCC(=O)N(C)CCN. The quantitative estimate of drug-likeness (QED) is 0.544. The molecule has 0 unspecified atom stereocenters. The summed E-state index contributed by atoms with van der Waals surface area (Å²) in [6.45, 7) is 3.48. The van der Waals surface area contributed by atoms with Gasteiger partial charge in [-0.15, -0.1) is 0 Å². The third-order valence-corrected chi connectivity index (χ3v) is 3.38. The van der Waals surface area contributed by atoms with Gasteiger partial charge in [0.1, 0.15) is 0 Å². The van der Waals surface area contributed by atoms with Crippen LogP contribution < -0.4 is 5.73 Å². The van der Waals surface area contributed by atoms with E-state index in [1.165, 1.54) is 51.4 Å². The number of carbonyl (C=O) groups excluding carboxylic acids is 1. The van der Waals surface area contributed by atoms with E-state index in [1.807, 2.05) is 7.05 Å². The van der Waals surface area contributed by atoms with Crippen LogP contribution in [0.4, 0.5) is 0 Å². The summed E-state index contributed by atoms with van der Waals surface area (Å²) in [4.78, 5) is 13.4. The molecular weight excluding hydrogens is 224 g/mol. The maximum absolute atomic E-state index is 11.6. The van der Waals surface area contributed by atoms with Gasteiger partial charge in [-0.2, -0.15) is 0 Å². The standard InChI is InChI=1S/C15H32N2O/c1-3-4-5-6-7-8-9-10-11-12-15(18)17(2)14-13-16/h3-14,16H2,1-2H3. The second kappa shape index (κ2) is 12.9. The number of hydrogen-bond acceptors (Lipinski definition) is 2. The lowest BCUT2D eigenvalue weighted by molar-refractivity contribution is -0.129. The van der Waals surface area contributed by atoms with Crippen molar-refractivity contribution in [1.29, 1.82) is 0 Å². The Bertz CT molecular complexity index is 195. The minimum absolute atomic E-state index is 0.239. The molecule has 0 atom stereocenters. The molecule has 0 aromatic heterocycles. The zero-order valence-corrected chi connectivity index (χ0v) is 12.4. The smallest absolute Gasteiger partial charge is 0.222 e. The minimum Gasteiger partial charge on any atom is -0.344 e. The van der Waals surface area contributed by atoms with Crippen LogP contribution in [0.2, 0.25) is 0 Å². The Kier molecular flexibility index (Phi) is 12.5. The van der Waals surface area contributed by atoms with Gasteiger partial charge in [-0.25, -0.2) is 0 Å². The Morgan fingerprint density at radius 1 is 0.944 bits per heavy atom. The van der Waals surface area contributed by atoms with Gasteiger partial charge in [-0.1, -0.05) is 58.3 Å². The van der Waals surface area contributed by atoms with Crippen LogP contribution in [0.15, 0.2) is 0 Å². The molecule has 0 aliphatic rings. The monoisotopic (exact) mass is 256 g/mol. The van der Waals surface area contributed by atoms with E-state index < -0.39 is 0 Å². The average molecular weight is 256 g/mol. The molecule has 0 aliphatic heterocycles. The summed E-state index contributed by atoms with van der Waals surface area (Å²) in [5.74, 6) is 0.239. The fourth-order valence-corrected chi connectivity index (χ4v) is 2.10. The van der Waals surface area contributed by atoms with Gasteiger partial charge in [0.25, 0.3) is 0 Å². The molecule has 1 amide bonds. The van der Waals surface area contributed by atoms with Gasteiger partial charge in [0.15, 0.2) is 0 Å². The molecule has 0 radical (unpaired) electrons. The Morgan fingerprint density at radius 2 is 1.44 bits per heavy atom. The first-order valence-electron chi connectivity index (χ1n) is 7.66. The highest BCUT2D eigenvalue weighted by Gasteiger charge is 2.06. The molecule has 0 saturated heterocycles. The van der Waals surface area contributed by atoms with Gasteiger partial charge >= 0.3 is 0 Å². The van der Waals surface area contributed by atoms with Gasteiger partial charge in [0.2, 0.25) is 5.91 Å². The first-order chi connectivity index (χ1) is 8.72. The average Bonchev–Trinajstić information content (AvgIpc) is 2.36. The highest BCUT2D eigenvalue weighted by atomic mass is 16.2. The molecule has 0 fully saturated rings. The lowest BCUT2D eigenvalue weighted by atomic mass is 10.1. The number of amides is 1. The molecule has 0 heterocycles. The highest BCUT2D eigenvalue weighted by molar-refractivity contribution is 5.75. The third-order valence-electron chi connectivity index (χ3n) is 3.38. The molecule has 0 saturated carbocycles. The molecular formula is C15H32N2O. The third kappa shape index (κ3) is 10.6. The Morgan fingerprint density at radius 3 is 1.94 bits per heavy atom. The van der Waals surface area contributed by atoms with E-state index >= 15 is 0 Å². The van der Waals surface area contributed by atoms with Gasteiger partial charge < -0.3 is 10.6 Å². The topological polar surface area (TPSA) is 46.3 Å². The first-order valence-corrected chi connectivity index (χ1v) is 7.66.